The quantitative estimate of drug-likeness (QED) is 0.184. The number of aromatic nitrogens is 2. The number of para-hydroxylation sites is 1. The SMILES string of the molecule is CCOC(=O)C(=[N+]=[N-])C(=O)Nc1cnn(-c2ccccc2)c(=O)c1NCc1ccccc1. The average Bonchev–Trinajstić information content (AvgIpc) is 2.81. The predicted octanol–water partition coefficient (Wildman–Crippen LogP) is 2.02. The molecule has 32 heavy (non-hydrogen) atoms. The first kappa shape index (κ1) is 22.1. The molecule has 0 bridgehead atoms. The molecule has 2 N–H and O–H groups in total. The highest BCUT2D eigenvalue weighted by Gasteiger charge is 2.32. The molecule has 0 aliphatic carbocycles. The lowest BCUT2D eigenvalue weighted by molar-refractivity contribution is -0.141. The average molecular weight is 432 g/mol. The van der Waals surface area contributed by atoms with E-state index in [4.69, 9.17) is 10.3 Å². The van der Waals surface area contributed by atoms with Gasteiger partial charge in [-0.1, -0.05) is 48.5 Å². The number of carbonyl (C=O) groups excluding carboxylic acids is 2. The van der Waals surface area contributed by atoms with Crippen LogP contribution in [0.1, 0.15) is 12.5 Å². The zero-order chi connectivity index (χ0) is 22.9. The number of nitrogens with one attached hydrogen (secondary N) is 2. The van der Waals surface area contributed by atoms with E-state index in [1.165, 1.54) is 10.9 Å². The van der Waals surface area contributed by atoms with Gasteiger partial charge in [0, 0.05) is 6.54 Å². The van der Waals surface area contributed by atoms with E-state index in [1.807, 2.05) is 36.4 Å². The van der Waals surface area contributed by atoms with Crippen LogP contribution in [-0.4, -0.2) is 38.8 Å². The van der Waals surface area contributed by atoms with Crippen LogP contribution in [0.4, 0.5) is 11.4 Å². The maximum Gasteiger partial charge on any atom is 0.463 e. The number of anilines is 2. The second-order valence-corrected chi connectivity index (χ2v) is 6.45. The third-order valence-electron chi connectivity index (χ3n) is 4.32. The fourth-order valence-electron chi connectivity index (χ4n) is 2.82. The van der Waals surface area contributed by atoms with Crippen molar-refractivity contribution >= 4 is 29.0 Å². The number of ether oxygens (including phenoxy) is 1. The van der Waals surface area contributed by atoms with Crippen molar-refractivity contribution < 1.29 is 19.1 Å². The number of benzene rings is 2. The van der Waals surface area contributed by atoms with Crippen LogP contribution in [0.15, 0.2) is 71.7 Å². The Balaban J connectivity index is 1.98. The fraction of sp³-hybridized carbons (Fsp3) is 0.136. The summed E-state index contributed by atoms with van der Waals surface area (Å²) in [5, 5.41) is 9.52. The number of nitrogens with zero attached hydrogens (tertiary/aromatic N) is 4. The van der Waals surface area contributed by atoms with Gasteiger partial charge in [0.2, 0.25) is 0 Å². The number of amides is 1. The maximum absolute atomic E-state index is 13.2. The molecule has 162 valence electrons. The molecule has 0 aliphatic rings. The van der Waals surface area contributed by atoms with Crippen molar-refractivity contribution in [1.29, 1.82) is 0 Å². The van der Waals surface area contributed by atoms with Crippen molar-refractivity contribution in [3.05, 3.63) is 88.3 Å². The van der Waals surface area contributed by atoms with Crippen LogP contribution in [0.2, 0.25) is 0 Å². The molecule has 1 aromatic heterocycles. The fourth-order valence-corrected chi connectivity index (χ4v) is 2.82. The first-order chi connectivity index (χ1) is 15.5. The van der Waals surface area contributed by atoms with Gasteiger partial charge < -0.3 is 20.9 Å². The highest BCUT2D eigenvalue weighted by atomic mass is 16.5. The maximum atomic E-state index is 13.2. The van der Waals surface area contributed by atoms with Gasteiger partial charge in [0.05, 0.1) is 24.2 Å². The molecule has 0 fully saturated rings. The molecule has 3 aromatic rings. The number of hydrogen-bond acceptors (Lipinski definition) is 6. The Morgan fingerprint density at radius 3 is 2.38 bits per heavy atom. The van der Waals surface area contributed by atoms with Crippen LogP contribution < -0.4 is 16.2 Å². The monoisotopic (exact) mass is 432 g/mol. The first-order valence-corrected chi connectivity index (χ1v) is 9.71. The third-order valence-corrected chi connectivity index (χ3v) is 4.32. The Kier molecular flexibility index (Phi) is 7.24. The molecule has 0 atom stereocenters. The van der Waals surface area contributed by atoms with E-state index >= 15 is 0 Å². The Morgan fingerprint density at radius 1 is 1.09 bits per heavy atom. The molecule has 10 nitrogen and oxygen atoms in total. The molecular weight excluding hydrogens is 412 g/mol. The molecule has 3 rings (SSSR count). The summed E-state index contributed by atoms with van der Waals surface area (Å²) in [6.45, 7) is 1.82. The zero-order valence-electron chi connectivity index (χ0n) is 17.2. The second-order valence-electron chi connectivity index (χ2n) is 6.45. The van der Waals surface area contributed by atoms with Crippen molar-refractivity contribution in [1.82, 2.24) is 9.78 Å². The van der Waals surface area contributed by atoms with Crippen molar-refractivity contribution in [3.8, 4) is 5.69 Å². The highest BCUT2D eigenvalue weighted by Crippen LogP contribution is 2.18. The smallest absolute Gasteiger partial charge is 0.457 e. The van der Waals surface area contributed by atoms with Gasteiger partial charge in [-0.2, -0.15) is 14.6 Å². The Hall–Kier alpha value is -4.56. The van der Waals surface area contributed by atoms with E-state index in [0.717, 1.165) is 5.56 Å². The molecule has 0 spiro atoms. The van der Waals surface area contributed by atoms with Crippen LogP contribution in [0.5, 0.6) is 0 Å². The van der Waals surface area contributed by atoms with E-state index < -0.39 is 23.1 Å². The van der Waals surface area contributed by atoms with Gasteiger partial charge in [-0.05, 0) is 24.6 Å². The summed E-state index contributed by atoms with van der Waals surface area (Å²) in [6, 6.07) is 18.1. The molecule has 0 aliphatic heterocycles. The van der Waals surface area contributed by atoms with E-state index in [0.29, 0.717) is 5.69 Å². The molecule has 0 saturated heterocycles. The Morgan fingerprint density at radius 2 is 1.75 bits per heavy atom. The van der Waals surface area contributed by atoms with E-state index in [1.54, 1.807) is 31.2 Å². The molecule has 0 radical (unpaired) electrons. The molecule has 0 saturated carbocycles. The normalized spacial score (nSPS) is 10.0. The highest BCUT2D eigenvalue weighted by molar-refractivity contribution is 6.64. The van der Waals surface area contributed by atoms with Crippen LogP contribution in [0, 0.1) is 0 Å². The first-order valence-electron chi connectivity index (χ1n) is 9.71. The van der Waals surface area contributed by atoms with Crippen molar-refractivity contribution in [2.75, 3.05) is 17.2 Å². The van der Waals surface area contributed by atoms with Crippen molar-refractivity contribution in [2.45, 2.75) is 13.5 Å². The zero-order valence-corrected chi connectivity index (χ0v) is 17.2. The van der Waals surface area contributed by atoms with E-state index in [2.05, 4.69) is 20.5 Å². The summed E-state index contributed by atoms with van der Waals surface area (Å²) in [5.74, 6) is -2.15. The molecule has 2 aromatic carbocycles. The molecule has 1 heterocycles. The molecule has 0 unspecified atom stereocenters. The van der Waals surface area contributed by atoms with E-state index in [-0.39, 0.29) is 24.5 Å². The summed E-state index contributed by atoms with van der Waals surface area (Å²) in [7, 11) is 0. The molecular formula is C22H20N6O4. The van der Waals surface area contributed by atoms with Gasteiger partial charge >= 0.3 is 17.6 Å². The largest absolute Gasteiger partial charge is 0.463 e. The van der Waals surface area contributed by atoms with Crippen LogP contribution in [-0.2, 0) is 20.9 Å². The van der Waals surface area contributed by atoms with Gasteiger partial charge in [0.25, 0.3) is 5.56 Å². The van der Waals surface area contributed by atoms with E-state index in [9.17, 15) is 14.4 Å². The van der Waals surface area contributed by atoms with Crippen LogP contribution in [0.3, 0.4) is 0 Å². The van der Waals surface area contributed by atoms with Crippen molar-refractivity contribution in [3.63, 3.8) is 0 Å². The van der Waals surface area contributed by atoms with Gasteiger partial charge in [-0.3, -0.25) is 9.59 Å². The summed E-state index contributed by atoms with van der Waals surface area (Å²) in [6.07, 6.45) is 1.26. The van der Waals surface area contributed by atoms with Gasteiger partial charge in [0.15, 0.2) is 0 Å². The number of hydrogen-bond donors (Lipinski definition) is 2. The number of rotatable bonds is 8. The lowest BCUT2D eigenvalue weighted by Gasteiger charge is -2.14. The predicted molar refractivity (Wildman–Crippen MR) is 117 cm³/mol. The van der Waals surface area contributed by atoms with Gasteiger partial charge in [-0.15, -0.1) is 0 Å². The van der Waals surface area contributed by atoms with Crippen LogP contribution >= 0.6 is 0 Å². The summed E-state index contributed by atoms with van der Waals surface area (Å²) in [4.78, 5) is 40.2. The summed E-state index contributed by atoms with van der Waals surface area (Å²) < 4.78 is 5.88. The van der Waals surface area contributed by atoms with Crippen molar-refractivity contribution in [2.24, 2.45) is 0 Å². The lowest BCUT2D eigenvalue weighted by Crippen LogP contribution is -2.34. The minimum Gasteiger partial charge on any atom is -0.457 e. The van der Waals surface area contributed by atoms with Gasteiger partial charge in [-0.25, -0.2) is 4.79 Å². The lowest BCUT2D eigenvalue weighted by atomic mass is 10.2. The number of esters is 1. The summed E-state index contributed by atoms with van der Waals surface area (Å²) >= 11 is 0. The second kappa shape index (κ2) is 10.5. The standard InChI is InChI=1S/C22H20N6O4/c1-2-32-22(31)19(27-23)20(29)26-17-14-25-28(16-11-7-4-8-12-16)21(30)18(17)24-13-15-9-5-3-6-10-15/h3-12,14,24H,2,13H2,1H3,(H,26,29). The summed E-state index contributed by atoms with van der Waals surface area (Å²) in [5.41, 5.74) is 9.17. The van der Waals surface area contributed by atoms with Gasteiger partial charge in [0.1, 0.15) is 5.69 Å². The minimum atomic E-state index is -1.10. The third kappa shape index (κ3) is 5.13. The number of carbonyl (C=O) groups is 2. The molecule has 10 heteroatoms. The Bertz CT molecular complexity index is 1220. The topological polar surface area (TPSA) is 139 Å². The van der Waals surface area contributed by atoms with Crippen LogP contribution in [0.25, 0.3) is 11.2 Å². The Labute approximate surface area is 183 Å². The minimum absolute atomic E-state index is 0.00793. The molecule has 1 amide bonds.